The van der Waals surface area contributed by atoms with Gasteiger partial charge in [-0.2, -0.15) is 4.72 Å². The quantitative estimate of drug-likeness (QED) is 0.414. The molecule has 1 aliphatic heterocycles. The second kappa shape index (κ2) is 2.44. The van der Waals surface area contributed by atoms with E-state index in [9.17, 15) is 0 Å². The Kier molecular flexibility index (Phi) is 1.80. The highest BCUT2D eigenvalue weighted by molar-refractivity contribution is 7.99. The van der Waals surface area contributed by atoms with E-state index >= 15 is 0 Å². The minimum Gasteiger partial charge on any atom is -0.361 e. The third-order valence-corrected chi connectivity index (χ3v) is 1.04. The van der Waals surface area contributed by atoms with Gasteiger partial charge < -0.3 is 4.74 Å². The molecule has 1 heterocycles. The van der Waals surface area contributed by atoms with Crippen LogP contribution in [0, 0.1) is 5.94 Å². The van der Waals surface area contributed by atoms with Crippen molar-refractivity contribution in [1.82, 2.24) is 4.72 Å². The fourth-order valence-corrected chi connectivity index (χ4v) is 0.650. The minimum absolute atomic E-state index is 0.757. The molecule has 0 aromatic carbocycles. The Labute approximate surface area is 41.4 Å². The summed E-state index contributed by atoms with van der Waals surface area (Å²) in [6.07, 6.45) is 0. The molecule has 2 radical (unpaired) electrons. The zero-order valence-electron chi connectivity index (χ0n) is 3.26. The Balaban J connectivity index is 2.00. The lowest BCUT2D eigenvalue weighted by molar-refractivity contribution is 0.227. The first-order valence-electron chi connectivity index (χ1n) is 1.76. The fourth-order valence-electron chi connectivity index (χ4n) is 0.252. The van der Waals surface area contributed by atoms with Gasteiger partial charge in [-0.3, -0.25) is 0 Å². The first-order chi connectivity index (χ1) is 3.00. The fraction of sp³-hybridized carbons (Fsp3) is 0.667. The maximum atomic E-state index is 4.81. The van der Waals surface area contributed by atoms with E-state index in [0.29, 0.717) is 0 Å². The molecule has 1 aliphatic rings. The van der Waals surface area contributed by atoms with Crippen molar-refractivity contribution >= 4 is 11.9 Å². The molecule has 0 amide bonds. The van der Waals surface area contributed by atoms with Gasteiger partial charge in [0.05, 0.1) is 6.61 Å². The van der Waals surface area contributed by atoms with Crippen LogP contribution in [0.4, 0.5) is 0 Å². The second-order valence-electron chi connectivity index (χ2n) is 0.925. The molecule has 0 bridgehead atoms. The first-order valence-corrected chi connectivity index (χ1v) is 2.60. The van der Waals surface area contributed by atoms with Crippen LogP contribution in [0.3, 0.4) is 0 Å². The maximum Gasteiger partial charge on any atom is 0.155 e. The van der Waals surface area contributed by atoms with Crippen LogP contribution in [0.1, 0.15) is 0 Å². The SMILES string of the molecule is [CH]1OCC[N]S1. The average Bonchev–Trinajstić information content (AvgIpc) is 1.72. The van der Waals surface area contributed by atoms with E-state index in [4.69, 9.17) is 4.74 Å². The lowest BCUT2D eigenvalue weighted by Crippen LogP contribution is -2.10. The summed E-state index contributed by atoms with van der Waals surface area (Å²) in [6, 6.07) is 0. The van der Waals surface area contributed by atoms with Crippen LogP contribution in [0.2, 0.25) is 0 Å². The van der Waals surface area contributed by atoms with E-state index in [-0.39, 0.29) is 0 Å². The van der Waals surface area contributed by atoms with Gasteiger partial charge in [-0.25, -0.2) is 0 Å². The van der Waals surface area contributed by atoms with Crippen molar-refractivity contribution in [2.75, 3.05) is 13.2 Å². The highest BCUT2D eigenvalue weighted by atomic mass is 32.2. The molecule has 0 aromatic heterocycles. The summed E-state index contributed by atoms with van der Waals surface area (Å²) < 4.78 is 8.73. The van der Waals surface area contributed by atoms with E-state index in [0.717, 1.165) is 13.2 Å². The molecular weight excluding hydrogens is 98.1 g/mol. The first kappa shape index (κ1) is 4.43. The van der Waals surface area contributed by atoms with Gasteiger partial charge in [0, 0.05) is 6.54 Å². The van der Waals surface area contributed by atoms with Gasteiger partial charge in [-0.15, -0.1) is 0 Å². The Hall–Kier alpha value is 0.270. The van der Waals surface area contributed by atoms with Gasteiger partial charge in [-0.1, -0.05) is 0 Å². The summed E-state index contributed by atoms with van der Waals surface area (Å²) in [5.74, 6) is 1.64. The standard InChI is InChI=1S/C3H5NOS/c1-2-5-3-6-4-1/h3H,1-2H2. The van der Waals surface area contributed by atoms with Crippen LogP contribution in [0.5, 0.6) is 0 Å². The summed E-state index contributed by atoms with van der Waals surface area (Å²) in [4.78, 5) is 0. The molecule has 0 aromatic rings. The largest absolute Gasteiger partial charge is 0.361 e. The van der Waals surface area contributed by atoms with Crippen molar-refractivity contribution in [1.29, 1.82) is 0 Å². The van der Waals surface area contributed by atoms with Crippen LogP contribution in [-0.4, -0.2) is 13.2 Å². The topological polar surface area (TPSA) is 23.3 Å². The molecule has 2 nitrogen and oxygen atoms in total. The molecule has 0 N–H and O–H groups in total. The third-order valence-electron chi connectivity index (χ3n) is 0.486. The predicted molar refractivity (Wildman–Crippen MR) is 24.8 cm³/mol. The Morgan fingerprint density at radius 1 is 1.83 bits per heavy atom. The van der Waals surface area contributed by atoms with Gasteiger partial charge in [0.15, 0.2) is 5.94 Å². The summed E-state index contributed by atoms with van der Waals surface area (Å²) in [5, 5.41) is 0. The Bertz CT molecular complexity index is 26.3. The number of ether oxygens (including phenoxy) is 1. The number of hydrogen-bond donors (Lipinski definition) is 0. The van der Waals surface area contributed by atoms with Crippen LogP contribution < -0.4 is 4.72 Å². The molecule has 0 saturated carbocycles. The van der Waals surface area contributed by atoms with Crippen molar-refractivity contribution < 1.29 is 4.74 Å². The highest BCUT2D eigenvalue weighted by Gasteiger charge is 1.96. The molecule has 6 heavy (non-hydrogen) atoms. The van der Waals surface area contributed by atoms with Crippen LogP contribution in [0.25, 0.3) is 0 Å². The Morgan fingerprint density at radius 2 is 2.83 bits per heavy atom. The normalized spacial score (nSPS) is 24.0. The minimum atomic E-state index is 0.757. The molecule has 1 fully saturated rings. The van der Waals surface area contributed by atoms with Crippen molar-refractivity contribution in [3.63, 3.8) is 0 Å². The summed E-state index contributed by atoms with van der Waals surface area (Å²) in [6.45, 7) is 1.59. The molecule has 3 heteroatoms. The highest BCUT2D eigenvalue weighted by Crippen LogP contribution is 2.05. The molecule has 0 aliphatic carbocycles. The van der Waals surface area contributed by atoms with Gasteiger partial charge in [0.1, 0.15) is 0 Å². The lowest BCUT2D eigenvalue weighted by Gasteiger charge is -2.06. The number of rotatable bonds is 0. The zero-order valence-corrected chi connectivity index (χ0v) is 4.07. The van der Waals surface area contributed by atoms with Crippen LogP contribution >= 0.6 is 11.9 Å². The molecular formula is C3H5NOS. The van der Waals surface area contributed by atoms with Crippen molar-refractivity contribution in [2.24, 2.45) is 0 Å². The summed E-state index contributed by atoms with van der Waals surface area (Å²) in [7, 11) is 0. The maximum absolute atomic E-state index is 4.81. The third kappa shape index (κ3) is 1.16. The molecule has 1 saturated heterocycles. The van der Waals surface area contributed by atoms with E-state index < -0.39 is 0 Å². The molecule has 0 spiro atoms. The molecule has 0 unspecified atom stereocenters. The van der Waals surface area contributed by atoms with Gasteiger partial charge >= 0.3 is 0 Å². The van der Waals surface area contributed by atoms with E-state index in [2.05, 4.69) is 4.72 Å². The molecule has 0 atom stereocenters. The molecule has 34 valence electrons. The lowest BCUT2D eigenvalue weighted by atomic mass is 10.7. The Morgan fingerprint density at radius 3 is 3.00 bits per heavy atom. The van der Waals surface area contributed by atoms with Crippen LogP contribution in [-0.2, 0) is 4.74 Å². The van der Waals surface area contributed by atoms with Crippen molar-refractivity contribution in [3.8, 4) is 0 Å². The second-order valence-corrected chi connectivity index (χ2v) is 1.59. The number of nitrogens with zero attached hydrogens (tertiary/aromatic N) is 1. The van der Waals surface area contributed by atoms with Gasteiger partial charge in [-0.05, 0) is 11.9 Å². The summed E-state index contributed by atoms with van der Waals surface area (Å²) >= 11 is 1.37. The van der Waals surface area contributed by atoms with Gasteiger partial charge in [0.25, 0.3) is 0 Å². The predicted octanol–water partition coefficient (Wildman–Crippen LogP) is 0.388. The monoisotopic (exact) mass is 103 g/mol. The summed E-state index contributed by atoms with van der Waals surface area (Å²) in [5.41, 5.74) is 0. The smallest absolute Gasteiger partial charge is 0.155 e. The van der Waals surface area contributed by atoms with Crippen LogP contribution in [0.15, 0.2) is 0 Å². The zero-order chi connectivity index (χ0) is 4.24. The van der Waals surface area contributed by atoms with E-state index in [1.165, 1.54) is 11.9 Å². The van der Waals surface area contributed by atoms with Crippen molar-refractivity contribution in [3.05, 3.63) is 5.94 Å². The number of hydrogen-bond acceptors (Lipinski definition) is 2. The van der Waals surface area contributed by atoms with E-state index in [1.807, 2.05) is 0 Å². The average molecular weight is 103 g/mol. The van der Waals surface area contributed by atoms with E-state index in [1.54, 1.807) is 5.94 Å². The molecule has 1 rings (SSSR count). The van der Waals surface area contributed by atoms with Crippen molar-refractivity contribution in [2.45, 2.75) is 0 Å². The van der Waals surface area contributed by atoms with Gasteiger partial charge in [0.2, 0.25) is 0 Å².